The van der Waals surface area contributed by atoms with Crippen LogP contribution in [0.5, 0.6) is 0 Å². The first-order chi connectivity index (χ1) is 10.2. The van der Waals surface area contributed by atoms with E-state index >= 15 is 0 Å². The molecule has 0 radical (unpaired) electrons. The molecule has 0 saturated carbocycles. The van der Waals surface area contributed by atoms with Crippen molar-refractivity contribution in [3.63, 3.8) is 0 Å². The fourth-order valence-corrected chi connectivity index (χ4v) is 4.88. The van der Waals surface area contributed by atoms with Crippen molar-refractivity contribution in [1.82, 2.24) is 0 Å². The molecular weight excluding hydrogens is 280 g/mol. The summed E-state index contributed by atoms with van der Waals surface area (Å²) in [6, 6.07) is 0. The molecule has 0 aromatic carbocycles. The minimum atomic E-state index is -0.650. The van der Waals surface area contributed by atoms with Gasteiger partial charge in [-0.15, -0.1) is 0 Å². The van der Waals surface area contributed by atoms with Gasteiger partial charge in [-0.25, -0.2) is 0 Å². The summed E-state index contributed by atoms with van der Waals surface area (Å²) in [6.45, 7) is 2.28. The van der Waals surface area contributed by atoms with Gasteiger partial charge in [0, 0.05) is 16.9 Å². The van der Waals surface area contributed by atoms with Crippen molar-refractivity contribution < 1.29 is 9.90 Å². The van der Waals surface area contributed by atoms with Crippen molar-refractivity contribution in [2.24, 2.45) is 0 Å². The smallest absolute Gasteiger partial charge is 0.303 e. The van der Waals surface area contributed by atoms with E-state index in [1.54, 1.807) is 0 Å². The molecule has 3 heteroatoms. The fourth-order valence-electron chi connectivity index (χ4n) is 3.18. The highest BCUT2D eigenvalue weighted by Gasteiger charge is 2.24. The van der Waals surface area contributed by atoms with Crippen LogP contribution in [0.2, 0.25) is 0 Å². The maximum atomic E-state index is 10.4. The van der Waals surface area contributed by atoms with Crippen molar-refractivity contribution >= 4 is 17.7 Å². The zero-order chi connectivity index (χ0) is 15.3. The summed E-state index contributed by atoms with van der Waals surface area (Å²) in [5.41, 5.74) is 0. The van der Waals surface area contributed by atoms with Gasteiger partial charge in [-0.3, -0.25) is 4.79 Å². The number of carbonyl (C=O) groups is 1. The predicted octanol–water partition coefficient (Wildman–Crippen LogP) is 6.04. The lowest BCUT2D eigenvalue weighted by molar-refractivity contribution is -0.137. The lowest BCUT2D eigenvalue weighted by Crippen LogP contribution is -1.99. The van der Waals surface area contributed by atoms with Gasteiger partial charge >= 0.3 is 5.97 Å². The Balaban J connectivity index is 1.90. The largest absolute Gasteiger partial charge is 0.481 e. The van der Waals surface area contributed by atoms with Gasteiger partial charge in [-0.05, 0) is 32.1 Å². The Kier molecular flexibility index (Phi) is 11.1. The van der Waals surface area contributed by atoms with Gasteiger partial charge in [0.2, 0.25) is 0 Å². The van der Waals surface area contributed by atoms with E-state index in [2.05, 4.69) is 18.7 Å². The van der Waals surface area contributed by atoms with Gasteiger partial charge in [0.1, 0.15) is 0 Å². The first kappa shape index (κ1) is 18.9. The monoisotopic (exact) mass is 314 g/mol. The van der Waals surface area contributed by atoms with Crippen LogP contribution < -0.4 is 0 Å². The molecule has 0 amide bonds. The van der Waals surface area contributed by atoms with Gasteiger partial charge in [-0.2, -0.15) is 11.8 Å². The van der Waals surface area contributed by atoms with Gasteiger partial charge < -0.3 is 5.11 Å². The third-order valence-electron chi connectivity index (χ3n) is 4.49. The molecule has 124 valence electrons. The molecule has 1 heterocycles. The number of unbranched alkanes of at least 4 members (excludes halogenated alkanes) is 7. The highest BCUT2D eigenvalue weighted by Crippen LogP contribution is 2.39. The molecule has 1 saturated heterocycles. The molecular formula is C18H34O2S. The van der Waals surface area contributed by atoms with Crippen LogP contribution in [0, 0.1) is 0 Å². The summed E-state index contributed by atoms with van der Waals surface area (Å²) in [6.07, 6.45) is 17.5. The quantitative estimate of drug-likeness (QED) is 0.421. The van der Waals surface area contributed by atoms with Gasteiger partial charge in [-0.1, -0.05) is 58.3 Å². The topological polar surface area (TPSA) is 37.3 Å². The number of hydrogen-bond acceptors (Lipinski definition) is 2. The molecule has 21 heavy (non-hydrogen) atoms. The van der Waals surface area contributed by atoms with E-state index in [1.165, 1.54) is 70.6 Å². The summed E-state index contributed by atoms with van der Waals surface area (Å²) >= 11 is 2.25. The SMILES string of the molecule is CCCCCCCC1CCC(CCCCCCC(=O)O)S1. The minimum absolute atomic E-state index is 0.346. The highest BCUT2D eigenvalue weighted by atomic mass is 32.2. The lowest BCUT2D eigenvalue weighted by atomic mass is 10.0. The maximum absolute atomic E-state index is 10.4. The van der Waals surface area contributed by atoms with Crippen LogP contribution in [-0.2, 0) is 4.79 Å². The third kappa shape index (κ3) is 10.2. The number of rotatable bonds is 13. The molecule has 0 spiro atoms. The molecule has 0 aromatic heterocycles. The summed E-state index contributed by atoms with van der Waals surface area (Å²) in [4.78, 5) is 10.4. The summed E-state index contributed by atoms with van der Waals surface area (Å²) in [5, 5.41) is 10.4. The standard InChI is InChI=1S/C18H34O2S/c1-2-3-4-5-8-11-16-14-15-17(21-16)12-9-6-7-10-13-18(19)20/h16-17H,2-15H2,1H3,(H,19,20). The van der Waals surface area contributed by atoms with Crippen molar-refractivity contribution in [3.8, 4) is 0 Å². The van der Waals surface area contributed by atoms with Gasteiger partial charge in [0.25, 0.3) is 0 Å². The number of thioether (sulfide) groups is 1. The minimum Gasteiger partial charge on any atom is -0.481 e. The van der Waals surface area contributed by atoms with Crippen molar-refractivity contribution in [1.29, 1.82) is 0 Å². The molecule has 2 unspecified atom stereocenters. The Hall–Kier alpha value is -0.180. The zero-order valence-corrected chi connectivity index (χ0v) is 14.6. The first-order valence-corrected chi connectivity index (χ1v) is 10.0. The fraction of sp³-hybridized carbons (Fsp3) is 0.944. The second kappa shape index (κ2) is 12.4. The first-order valence-electron chi connectivity index (χ1n) is 9.09. The average molecular weight is 315 g/mol. The Morgan fingerprint density at radius 3 is 1.95 bits per heavy atom. The predicted molar refractivity (Wildman–Crippen MR) is 93.1 cm³/mol. The van der Waals surface area contributed by atoms with Crippen LogP contribution in [0.25, 0.3) is 0 Å². The molecule has 2 atom stereocenters. The van der Waals surface area contributed by atoms with Gasteiger partial charge in [0.15, 0.2) is 0 Å². The van der Waals surface area contributed by atoms with E-state index in [1.807, 2.05) is 0 Å². The number of aliphatic carboxylic acids is 1. The van der Waals surface area contributed by atoms with Crippen LogP contribution in [0.1, 0.15) is 96.8 Å². The van der Waals surface area contributed by atoms with Crippen molar-refractivity contribution in [3.05, 3.63) is 0 Å². The second-order valence-electron chi connectivity index (χ2n) is 6.51. The molecule has 0 bridgehead atoms. The van der Waals surface area contributed by atoms with Crippen LogP contribution in [-0.4, -0.2) is 21.6 Å². The zero-order valence-electron chi connectivity index (χ0n) is 13.8. The van der Waals surface area contributed by atoms with E-state index in [9.17, 15) is 4.79 Å². The van der Waals surface area contributed by atoms with Crippen LogP contribution in [0.3, 0.4) is 0 Å². The number of carboxylic acid groups (broad SMARTS) is 1. The van der Waals surface area contributed by atoms with Crippen molar-refractivity contribution in [2.75, 3.05) is 0 Å². The highest BCUT2D eigenvalue weighted by molar-refractivity contribution is 8.00. The Morgan fingerprint density at radius 2 is 1.43 bits per heavy atom. The normalized spacial score (nSPS) is 21.8. The van der Waals surface area contributed by atoms with Crippen molar-refractivity contribution in [2.45, 2.75) is 107 Å². The average Bonchev–Trinajstić information content (AvgIpc) is 2.90. The molecule has 1 N–H and O–H groups in total. The Bertz CT molecular complexity index is 268. The number of carboxylic acids is 1. The van der Waals surface area contributed by atoms with Crippen LogP contribution >= 0.6 is 11.8 Å². The molecule has 1 fully saturated rings. The molecule has 2 nitrogen and oxygen atoms in total. The second-order valence-corrected chi connectivity index (χ2v) is 8.11. The van der Waals surface area contributed by atoms with E-state index < -0.39 is 5.97 Å². The lowest BCUT2D eigenvalue weighted by Gasteiger charge is -2.11. The summed E-state index contributed by atoms with van der Waals surface area (Å²) < 4.78 is 0. The van der Waals surface area contributed by atoms with E-state index in [-0.39, 0.29) is 0 Å². The molecule has 1 aliphatic rings. The van der Waals surface area contributed by atoms with Crippen LogP contribution in [0.4, 0.5) is 0 Å². The van der Waals surface area contributed by atoms with E-state index in [0.717, 1.165) is 23.3 Å². The number of hydrogen-bond donors (Lipinski definition) is 1. The molecule has 0 aromatic rings. The maximum Gasteiger partial charge on any atom is 0.303 e. The molecule has 1 rings (SSSR count). The summed E-state index contributed by atoms with van der Waals surface area (Å²) in [7, 11) is 0. The Labute approximate surface area is 135 Å². The van der Waals surface area contributed by atoms with Gasteiger partial charge in [0.05, 0.1) is 0 Å². The van der Waals surface area contributed by atoms with E-state index in [0.29, 0.717) is 6.42 Å². The molecule has 1 aliphatic heterocycles. The molecule has 0 aliphatic carbocycles. The Morgan fingerprint density at radius 1 is 0.905 bits per heavy atom. The van der Waals surface area contributed by atoms with E-state index in [4.69, 9.17) is 5.11 Å². The van der Waals surface area contributed by atoms with Crippen LogP contribution in [0.15, 0.2) is 0 Å². The summed E-state index contributed by atoms with van der Waals surface area (Å²) in [5.74, 6) is -0.650. The third-order valence-corrected chi connectivity index (χ3v) is 6.20.